The largest absolute Gasteiger partial charge is 2.00 e. The summed E-state index contributed by atoms with van der Waals surface area (Å²) in [5.41, 5.74) is 1.48. The summed E-state index contributed by atoms with van der Waals surface area (Å²) < 4.78 is 5.03. The SMILES string of the molecule is COc1[c-]cc(C(C)(C)C)cc1.[Br-].[Mg+2]. The van der Waals surface area contributed by atoms with Gasteiger partial charge in [0.15, 0.2) is 0 Å². The molecule has 1 nitrogen and oxygen atoms in total. The number of benzene rings is 1. The topological polar surface area (TPSA) is 9.23 Å². The van der Waals surface area contributed by atoms with Crippen molar-refractivity contribution in [3.8, 4) is 5.75 Å². The molecule has 0 saturated heterocycles. The van der Waals surface area contributed by atoms with E-state index in [2.05, 4.69) is 32.9 Å². The van der Waals surface area contributed by atoms with E-state index in [0.717, 1.165) is 5.75 Å². The van der Waals surface area contributed by atoms with Gasteiger partial charge in [-0.15, -0.1) is 12.1 Å². The zero-order chi connectivity index (χ0) is 9.19. The molecule has 1 aromatic carbocycles. The molecular weight excluding hydrogens is 252 g/mol. The maximum atomic E-state index is 5.03. The van der Waals surface area contributed by atoms with Crippen LogP contribution in [0.25, 0.3) is 0 Å². The van der Waals surface area contributed by atoms with E-state index < -0.39 is 0 Å². The van der Waals surface area contributed by atoms with Crippen molar-refractivity contribution in [1.82, 2.24) is 0 Å². The Bertz CT molecular complexity index is 251. The average Bonchev–Trinajstić information content (AvgIpc) is 2.03. The molecule has 0 atom stereocenters. The molecule has 0 saturated carbocycles. The first-order chi connectivity index (χ1) is 5.54. The van der Waals surface area contributed by atoms with Crippen molar-refractivity contribution in [3.63, 3.8) is 0 Å². The number of methoxy groups -OCH3 is 1. The predicted octanol–water partition coefficient (Wildman–Crippen LogP) is -0.584. The summed E-state index contributed by atoms with van der Waals surface area (Å²) in [6.07, 6.45) is 0. The minimum absolute atomic E-state index is 0. The zero-order valence-electron chi connectivity index (χ0n) is 9.23. The number of halogens is 1. The predicted molar refractivity (Wildman–Crippen MR) is 56.3 cm³/mol. The van der Waals surface area contributed by atoms with Crippen LogP contribution in [0.3, 0.4) is 0 Å². The van der Waals surface area contributed by atoms with Crippen molar-refractivity contribution in [3.05, 3.63) is 29.8 Å². The van der Waals surface area contributed by atoms with Crippen LogP contribution in [-0.2, 0) is 5.41 Å². The Balaban J connectivity index is 0. The van der Waals surface area contributed by atoms with Gasteiger partial charge in [-0.1, -0.05) is 26.2 Å². The van der Waals surface area contributed by atoms with Gasteiger partial charge in [0.05, 0.1) is 7.11 Å². The van der Waals surface area contributed by atoms with Gasteiger partial charge in [0.2, 0.25) is 0 Å². The third-order valence-corrected chi connectivity index (χ3v) is 1.87. The van der Waals surface area contributed by atoms with E-state index in [1.807, 2.05) is 12.1 Å². The second-order valence-electron chi connectivity index (χ2n) is 3.90. The minimum Gasteiger partial charge on any atom is -1.00 e. The van der Waals surface area contributed by atoms with E-state index in [0.29, 0.717) is 0 Å². The van der Waals surface area contributed by atoms with Crippen LogP contribution in [0, 0.1) is 6.07 Å². The van der Waals surface area contributed by atoms with Crippen molar-refractivity contribution in [1.29, 1.82) is 0 Å². The van der Waals surface area contributed by atoms with Crippen LogP contribution in [0.2, 0.25) is 0 Å². The molecule has 74 valence electrons. The second kappa shape index (κ2) is 6.70. The van der Waals surface area contributed by atoms with Crippen molar-refractivity contribution in [2.75, 3.05) is 7.11 Å². The van der Waals surface area contributed by atoms with Crippen molar-refractivity contribution < 1.29 is 21.7 Å². The van der Waals surface area contributed by atoms with E-state index in [1.165, 1.54) is 5.56 Å². The fourth-order valence-electron chi connectivity index (χ4n) is 1.00. The normalized spacial score (nSPS) is 9.71. The Labute approximate surface area is 113 Å². The van der Waals surface area contributed by atoms with E-state index in [9.17, 15) is 0 Å². The Hall–Kier alpha value is 0.266. The van der Waals surface area contributed by atoms with Crippen LogP contribution in [0.1, 0.15) is 26.3 Å². The monoisotopic (exact) mass is 266 g/mol. The summed E-state index contributed by atoms with van der Waals surface area (Å²) in [5.74, 6) is 0.794. The third kappa shape index (κ3) is 4.67. The summed E-state index contributed by atoms with van der Waals surface area (Å²) in [6.45, 7) is 6.55. The molecule has 0 aliphatic heterocycles. The van der Waals surface area contributed by atoms with E-state index in [4.69, 9.17) is 4.74 Å². The number of hydrogen-bond donors (Lipinski definition) is 0. The van der Waals surface area contributed by atoms with E-state index in [-0.39, 0.29) is 45.4 Å². The van der Waals surface area contributed by atoms with Gasteiger partial charge in [0, 0.05) is 5.75 Å². The molecule has 0 aromatic heterocycles. The third-order valence-electron chi connectivity index (χ3n) is 1.87. The summed E-state index contributed by atoms with van der Waals surface area (Å²) in [4.78, 5) is 0. The standard InChI is InChI=1S/C11H15O.BrH.Mg/c1-11(2,3)9-5-7-10(12-4)8-6-9;;/h5-7H,1-4H3;1H;/q-1;;+2/p-1. The molecule has 0 heterocycles. The molecule has 0 aliphatic carbocycles. The fourth-order valence-corrected chi connectivity index (χ4v) is 1.00. The molecule has 1 rings (SSSR count). The molecule has 0 aliphatic rings. The van der Waals surface area contributed by atoms with E-state index in [1.54, 1.807) is 7.11 Å². The molecule has 0 N–H and O–H groups in total. The van der Waals surface area contributed by atoms with Crippen molar-refractivity contribution >= 4 is 23.1 Å². The van der Waals surface area contributed by atoms with Crippen LogP contribution in [0.15, 0.2) is 18.2 Å². The van der Waals surface area contributed by atoms with Gasteiger partial charge in [-0.25, -0.2) is 0 Å². The molecule has 0 radical (unpaired) electrons. The molecular formula is C11H15BrMgO. The van der Waals surface area contributed by atoms with Crippen LogP contribution < -0.4 is 21.7 Å². The molecule has 14 heavy (non-hydrogen) atoms. The van der Waals surface area contributed by atoms with Gasteiger partial charge in [-0.05, 0) is 0 Å². The molecule has 0 fully saturated rings. The maximum Gasteiger partial charge on any atom is 2.00 e. The van der Waals surface area contributed by atoms with Crippen LogP contribution in [0.4, 0.5) is 0 Å². The molecule has 0 amide bonds. The molecule has 0 unspecified atom stereocenters. The number of hydrogen-bond acceptors (Lipinski definition) is 1. The zero-order valence-corrected chi connectivity index (χ0v) is 12.2. The minimum atomic E-state index is 0. The molecule has 0 spiro atoms. The van der Waals surface area contributed by atoms with Crippen molar-refractivity contribution in [2.24, 2.45) is 0 Å². The Morgan fingerprint density at radius 1 is 1.21 bits per heavy atom. The quantitative estimate of drug-likeness (QED) is 0.488. The van der Waals surface area contributed by atoms with Gasteiger partial charge < -0.3 is 21.7 Å². The van der Waals surface area contributed by atoms with Gasteiger partial charge in [0.25, 0.3) is 0 Å². The number of rotatable bonds is 1. The Morgan fingerprint density at radius 2 is 1.79 bits per heavy atom. The fraction of sp³-hybridized carbons (Fsp3) is 0.455. The van der Waals surface area contributed by atoms with Gasteiger partial charge in [-0.2, -0.15) is 17.7 Å². The Morgan fingerprint density at radius 3 is 2.07 bits per heavy atom. The maximum absolute atomic E-state index is 5.03. The summed E-state index contributed by atoms with van der Waals surface area (Å²) in [7, 11) is 1.66. The second-order valence-corrected chi connectivity index (χ2v) is 3.90. The summed E-state index contributed by atoms with van der Waals surface area (Å²) >= 11 is 0. The summed E-state index contributed by atoms with van der Waals surface area (Å²) in [6, 6.07) is 9.08. The molecule has 3 heteroatoms. The van der Waals surface area contributed by atoms with E-state index >= 15 is 0 Å². The first kappa shape index (κ1) is 16.7. The first-order valence-corrected chi connectivity index (χ1v) is 4.10. The van der Waals surface area contributed by atoms with Gasteiger partial charge in [0.1, 0.15) is 0 Å². The molecule has 1 aromatic rings. The summed E-state index contributed by atoms with van der Waals surface area (Å²) in [5, 5.41) is 0. The first-order valence-electron chi connectivity index (χ1n) is 4.10. The van der Waals surface area contributed by atoms with Gasteiger partial charge >= 0.3 is 23.1 Å². The Kier molecular flexibility index (Phi) is 7.98. The molecule has 0 bridgehead atoms. The van der Waals surface area contributed by atoms with Crippen LogP contribution in [-0.4, -0.2) is 30.2 Å². The van der Waals surface area contributed by atoms with Crippen LogP contribution >= 0.6 is 0 Å². The smallest absolute Gasteiger partial charge is 1.00 e. The van der Waals surface area contributed by atoms with Crippen molar-refractivity contribution in [2.45, 2.75) is 26.2 Å². The average molecular weight is 267 g/mol. The van der Waals surface area contributed by atoms with Crippen LogP contribution in [0.5, 0.6) is 5.75 Å². The number of ether oxygens (including phenoxy) is 1. The van der Waals surface area contributed by atoms with Gasteiger partial charge in [-0.3, -0.25) is 0 Å².